The lowest BCUT2D eigenvalue weighted by atomic mass is 10.2. The van der Waals surface area contributed by atoms with E-state index in [9.17, 15) is 0 Å². The fraction of sp³-hybridized carbons (Fsp3) is 0.118. The second-order valence-corrected chi connectivity index (χ2v) is 5.17. The predicted octanol–water partition coefficient (Wildman–Crippen LogP) is 2.67. The Labute approximate surface area is 132 Å². The number of benzene rings is 2. The van der Waals surface area contributed by atoms with Gasteiger partial charge in [-0.15, -0.1) is 5.10 Å². The highest BCUT2D eigenvalue weighted by Crippen LogP contribution is 2.24. The molecule has 2 aromatic carbocycles. The molecule has 0 atom stereocenters. The highest BCUT2D eigenvalue weighted by Gasteiger charge is 2.16. The topological polar surface area (TPSA) is 57.8 Å². The highest BCUT2D eigenvalue weighted by molar-refractivity contribution is 5.86. The van der Waals surface area contributed by atoms with E-state index in [-0.39, 0.29) is 0 Å². The first kappa shape index (κ1) is 13.5. The Hall–Kier alpha value is -3.15. The zero-order valence-electron chi connectivity index (χ0n) is 12.6. The summed E-state index contributed by atoms with van der Waals surface area (Å²) in [6.45, 7) is 0.693. The third-order valence-corrected chi connectivity index (χ3v) is 3.74. The average molecular weight is 305 g/mol. The lowest BCUT2D eigenvalue weighted by molar-refractivity contribution is 0.382. The summed E-state index contributed by atoms with van der Waals surface area (Å²) in [6.07, 6.45) is 1.57. The molecule has 6 heteroatoms. The molecule has 114 valence electrons. The summed E-state index contributed by atoms with van der Waals surface area (Å²) in [5.41, 5.74) is 2.24. The molecule has 0 saturated heterocycles. The summed E-state index contributed by atoms with van der Waals surface area (Å²) in [4.78, 5) is 0. The minimum Gasteiger partial charge on any atom is -0.480 e. The molecule has 0 aliphatic rings. The maximum atomic E-state index is 5.30. The largest absolute Gasteiger partial charge is 0.480 e. The van der Waals surface area contributed by atoms with Crippen molar-refractivity contribution in [3.63, 3.8) is 0 Å². The standard InChI is InChI=1S/C17H15N5O/c1-23-16-11-18-20-22(16)17-14-9-5-6-10-15(14)21(19-17)12-13-7-3-2-4-8-13/h2-11H,12H2,1H3. The molecule has 23 heavy (non-hydrogen) atoms. The first-order chi connectivity index (χ1) is 11.4. The van der Waals surface area contributed by atoms with Gasteiger partial charge in [-0.05, 0) is 17.7 Å². The van der Waals surface area contributed by atoms with Crippen molar-refractivity contribution in [2.75, 3.05) is 7.11 Å². The molecule has 0 spiro atoms. The number of hydrogen-bond donors (Lipinski definition) is 0. The van der Waals surface area contributed by atoms with Crippen LogP contribution in [-0.2, 0) is 6.54 Å². The summed E-state index contributed by atoms with van der Waals surface area (Å²) >= 11 is 0. The number of fused-ring (bicyclic) bond motifs is 1. The zero-order chi connectivity index (χ0) is 15.6. The Kier molecular flexibility index (Phi) is 3.27. The lowest BCUT2D eigenvalue weighted by Crippen LogP contribution is -2.05. The van der Waals surface area contributed by atoms with Gasteiger partial charge in [-0.1, -0.05) is 47.7 Å². The third-order valence-electron chi connectivity index (χ3n) is 3.74. The summed E-state index contributed by atoms with van der Waals surface area (Å²) < 4.78 is 8.89. The predicted molar refractivity (Wildman–Crippen MR) is 86.7 cm³/mol. The Balaban J connectivity index is 1.87. The van der Waals surface area contributed by atoms with Crippen LogP contribution in [0.2, 0.25) is 0 Å². The molecule has 6 nitrogen and oxygen atoms in total. The van der Waals surface area contributed by atoms with Crippen LogP contribution < -0.4 is 4.74 Å². The minimum absolute atomic E-state index is 0.556. The molecule has 0 aliphatic carbocycles. The molecule has 0 saturated carbocycles. The van der Waals surface area contributed by atoms with Crippen LogP contribution in [0.15, 0.2) is 60.8 Å². The third kappa shape index (κ3) is 2.34. The summed E-state index contributed by atoms with van der Waals surface area (Å²) in [6, 6.07) is 18.3. The molecule has 0 aliphatic heterocycles. The minimum atomic E-state index is 0.556. The number of nitrogens with zero attached hydrogens (tertiary/aromatic N) is 5. The Bertz CT molecular complexity index is 942. The SMILES string of the molecule is COc1cnnn1-c1nn(Cc2ccccc2)c2ccccc12. The molecule has 0 fully saturated rings. The van der Waals surface area contributed by atoms with E-state index in [4.69, 9.17) is 9.84 Å². The number of rotatable bonds is 4. The van der Waals surface area contributed by atoms with E-state index < -0.39 is 0 Å². The van der Waals surface area contributed by atoms with E-state index in [1.54, 1.807) is 18.0 Å². The second-order valence-electron chi connectivity index (χ2n) is 5.17. The van der Waals surface area contributed by atoms with Crippen molar-refractivity contribution in [1.29, 1.82) is 0 Å². The number of aromatic nitrogens is 5. The average Bonchev–Trinajstić information content (AvgIpc) is 3.20. The van der Waals surface area contributed by atoms with Crippen LogP contribution in [0.1, 0.15) is 5.56 Å². The summed E-state index contributed by atoms with van der Waals surface area (Å²) in [7, 11) is 1.60. The van der Waals surface area contributed by atoms with Crippen LogP contribution in [0.5, 0.6) is 5.88 Å². The number of ether oxygens (including phenoxy) is 1. The van der Waals surface area contributed by atoms with Crippen molar-refractivity contribution in [3.05, 3.63) is 66.4 Å². The van der Waals surface area contributed by atoms with E-state index in [0.29, 0.717) is 18.2 Å². The van der Waals surface area contributed by atoms with Gasteiger partial charge >= 0.3 is 0 Å². The fourth-order valence-corrected chi connectivity index (χ4v) is 2.65. The van der Waals surface area contributed by atoms with E-state index in [1.165, 1.54) is 5.56 Å². The van der Waals surface area contributed by atoms with E-state index >= 15 is 0 Å². The van der Waals surface area contributed by atoms with Gasteiger partial charge in [0.25, 0.3) is 0 Å². The van der Waals surface area contributed by atoms with Crippen LogP contribution in [0, 0.1) is 0 Å². The van der Waals surface area contributed by atoms with E-state index in [0.717, 1.165) is 10.9 Å². The monoisotopic (exact) mass is 305 g/mol. The Morgan fingerprint density at radius 1 is 1.00 bits per heavy atom. The van der Waals surface area contributed by atoms with Crippen LogP contribution >= 0.6 is 0 Å². The molecule has 0 amide bonds. The van der Waals surface area contributed by atoms with Crippen molar-refractivity contribution < 1.29 is 4.74 Å². The van der Waals surface area contributed by atoms with E-state index in [1.807, 2.05) is 41.1 Å². The maximum Gasteiger partial charge on any atom is 0.238 e. The number of methoxy groups -OCH3 is 1. The van der Waals surface area contributed by atoms with Gasteiger partial charge in [-0.25, -0.2) is 0 Å². The van der Waals surface area contributed by atoms with Gasteiger partial charge in [0, 0.05) is 5.39 Å². The highest BCUT2D eigenvalue weighted by atomic mass is 16.5. The van der Waals surface area contributed by atoms with Gasteiger partial charge in [-0.2, -0.15) is 9.78 Å². The first-order valence-corrected chi connectivity index (χ1v) is 7.31. The number of hydrogen-bond acceptors (Lipinski definition) is 4. The summed E-state index contributed by atoms with van der Waals surface area (Å²) in [5, 5.41) is 13.7. The second kappa shape index (κ2) is 5.57. The molecule has 4 rings (SSSR count). The van der Waals surface area contributed by atoms with Gasteiger partial charge < -0.3 is 4.74 Å². The van der Waals surface area contributed by atoms with Gasteiger partial charge in [0.1, 0.15) is 6.20 Å². The lowest BCUT2D eigenvalue weighted by Gasteiger charge is -2.03. The van der Waals surface area contributed by atoms with Crippen LogP contribution in [-0.4, -0.2) is 31.9 Å². The van der Waals surface area contributed by atoms with Crippen molar-refractivity contribution in [2.45, 2.75) is 6.54 Å². The molecule has 0 unspecified atom stereocenters. The maximum absolute atomic E-state index is 5.30. The zero-order valence-corrected chi connectivity index (χ0v) is 12.6. The normalized spacial score (nSPS) is 11.0. The van der Waals surface area contributed by atoms with Crippen molar-refractivity contribution in [2.24, 2.45) is 0 Å². The van der Waals surface area contributed by atoms with Crippen LogP contribution in [0.4, 0.5) is 0 Å². The molecule has 0 bridgehead atoms. The van der Waals surface area contributed by atoms with Crippen LogP contribution in [0.3, 0.4) is 0 Å². The van der Waals surface area contributed by atoms with E-state index in [2.05, 4.69) is 28.5 Å². The molecular formula is C17H15N5O. The van der Waals surface area contributed by atoms with Crippen molar-refractivity contribution in [1.82, 2.24) is 24.8 Å². The van der Waals surface area contributed by atoms with Crippen molar-refractivity contribution >= 4 is 10.9 Å². The van der Waals surface area contributed by atoms with Crippen LogP contribution in [0.25, 0.3) is 16.7 Å². The molecule has 0 radical (unpaired) electrons. The van der Waals surface area contributed by atoms with Gasteiger partial charge in [0.15, 0.2) is 5.82 Å². The van der Waals surface area contributed by atoms with Gasteiger partial charge in [0.2, 0.25) is 5.88 Å². The smallest absolute Gasteiger partial charge is 0.238 e. The molecule has 4 aromatic rings. The Morgan fingerprint density at radius 2 is 1.78 bits per heavy atom. The first-order valence-electron chi connectivity index (χ1n) is 7.31. The van der Waals surface area contributed by atoms with Crippen molar-refractivity contribution in [3.8, 4) is 11.7 Å². The fourth-order valence-electron chi connectivity index (χ4n) is 2.65. The molecule has 2 heterocycles. The number of para-hydroxylation sites is 1. The quantitative estimate of drug-likeness (QED) is 0.581. The van der Waals surface area contributed by atoms with Gasteiger partial charge in [-0.3, -0.25) is 4.68 Å². The molecule has 0 N–H and O–H groups in total. The van der Waals surface area contributed by atoms with Gasteiger partial charge in [0.05, 0.1) is 19.2 Å². The Morgan fingerprint density at radius 3 is 2.61 bits per heavy atom. The molecule has 2 aromatic heterocycles. The molecular weight excluding hydrogens is 290 g/mol. The summed E-state index contributed by atoms with van der Waals surface area (Å²) in [5.74, 6) is 1.27.